The van der Waals surface area contributed by atoms with E-state index in [2.05, 4.69) is 12.2 Å². The van der Waals surface area contributed by atoms with Crippen molar-refractivity contribution in [1.82, 2.24) is 5.32 Å². The summed E-state index contributed by atoms with van der Waals surface area (Å²) in [4.78, 5) is 0. The van der Waals surface area contributed by atoms with E-state index in [1.807, 2.05) is 18.2 Å². The summed E-state index contributed by atoms with van der Waals surface area (Å²) in [5.41, 5.74) is 2.53. The van der Waals surface area contributed by atoms with Gasteiger partial charge in [-0.2, -0.15) is 0 Å². The van der Waals surface area contributed by atoms with Gasteiger partial charge in [-0.1, -0.05) is 36.2 Å². The van der Waals surface area contributed by atoms with Crippen LogP contribution in [0.15, 0.2) is 36.4 Å². The molecule has 0 aliphatic heterocycles. The third-order valence-corrected chi connectivity index (χ3v) is 3.73. The van der Waals surface area contributed by atoms with E-state index in [1.165, 1.54) is 12.1 Å². The summed E-state index contributed by atoms with van der Waals surface area (Å²) in [7, 11) is 0. The van der Waals surface area contributed by atoms with Gasteiger partial charge in [0.2, 0.25) is 0 Å². The number of rotatable bonds is 5. The van der Waals surface area contributed by atoms with Crippen LogP contribution in [0.1, 0.15) is 18.9 Å². The van der Waals surface area contributed by atoms with Gasteiger partial charge in [-0.15, -0.1) is 0 Å². The second-order valence-electron chi connectivity index (χ2n) is 4.61. The standard InChI is InChI=1S/C16H16Cl2FN/c1-2-7-20-10-12-8-11(3-5-15(12)17)14-9-13(19)4-6-16(14)18/h3-6,8-9,20H,2,7,10H2,1H3. The lowest BCUT2D eigenvalue weighted by molar-refractivity contribution is 0.628. The molecule has 0 saturated carbocycles. The molecule has 0 heterocycles. The van der Waals surface area contributed by atoms with Crippen molar-refractivity contribution in [3.05, 3.63) is 57.8 Å². The molecule has 0 atom stereocenters. The van der Waals surface area contributed by atoms with Gasteiger partial charge in [0.1, 0.15) is 5.82 Å². The Morgan fingerprint density at radius 3 is 2.55 bits per heavy atom. The molecule has 20 heavy (non-hydrogen) atoms. The first-order valence-electron chi connectivity index (χ1n) is 6.56. The number of nitrogens with one attached hydrogen (secondary N) is 1. The molecule has 0 spiro atoms. The molecule has 0 fully saturated rings. The Hall–Kier alpha value is -1.09. The fourth-order valence-corrected chi connectivity index (χ4v) is 2.41. The minimum Gasteiger partial charge on any atom is -0.313 e. The van der Waals surface area contributed by atoms with Crippen LogP contribution in [0.25, 0.3) is 11.1 Å². The fourth-order valence-electron chi connectivity index (χ4n) is 2.00. The Kier molecular flexibility index (Phi) is 5.41. The third kappa shape index (κ3) is 3.72. The molecule has 2 aromatic carbocycles. The van der Waals surface area contributed by atoms with Gasteiger partial charge in [0.15, 0.2) is 0 Å². The summed E-state index contributed by atoms with van der Waals surface area (Å²) in [6.07, 6.45) is 1.06. The molecule has 1 nitrogen and oxygen atoms in total. The van der Waals surface area contributed by atoms with E-state index in [0.717, 1.165) is 24.1 Å². The van der Waals surface area contributed by atoms with Gasteiger partial charge in [0.25, 0.3) is 0 Å². The first-order valence-corrected chi connectivity index (χ1v) is 7.32. The number of hydrogen-bond donors (Lipinski definition) is 1. The summed E-state index contributed by atoms with van der Waals surface area (Å²) >= 11 is 12.3. The van der Waals surface area contributed by atoms with E-state index in [-0.39, 0.29) is 5.82 Å². The second-order valence-corrected chi connectivity index (χ2v) is 5.42. The molecule has 0 saturated heterocycles. The van der Waals surface area contributed by atoms with Crippen LogP contribution >= 0.6 is 23.2 Å². The Morgan fingerprint density at radius 2 is 1.80 bits per heavy atom. The fraction of sp³-hybridized carbons (Fsp3) is 0.250. The highest BCUT2D eigenvalue weighted by Gasteiger charge is 2.08. The minimum atomic E-state index is -0.301. The Labute approximate surface area is 128 Å². The summed E-state index contributed by atoms with van der Waals surface area (Å²) < 4.78 is 13.4. The van der Waals surface area contributed by atoms with Crippen LogP contribution in [0.3, 0.4) is 0 Å². The molecule has 0 bridgehead atoms. The smallest absolute Gasteiger partial charge is 0.123 e. The lowest BCUT2D eigenvalue weighted by atomic mass is 10.0. The highest BCUT2D eigenvalue weighted by molar-refractivity contribution is 6.33. The summed E-state index contributed by atoms with van der Waals surface area (Å²) in [5.74, 6) is -0.301. The maximum atomic E-state index is 13.4. The summed E-state index contributed by atoms with van der Waals surface area (Å²) in [5, 5.41) is 4.53. The SMILES string of the molecule is CCCNCc1cc(-c2cc(F)ccc2Cl)ccc1Cl. The highest BCUT2D eigenvalue weighted by Crippen LogP contribution is 2.31. The molecule has 0 amide bonds. The van der Waals surface area contributed by atoms with Gasteiger partial charge in [0.05, 0.1) is 0 Å². The van der Waals surface area contributed by atoms with Crippen LogP contribution in [0.4, 0.5) is 4.39 Å². The van der Waals surface area contributed by atoms with Crippen molar-refractivity contribution < 1.29 is 4.39 Å². The Balaban J connectivity index is 2.33. The first kappa shape index (κ1) is 15.3. The van der Waals surface area contributed by atoms with Crippen molar-refractivity contribution in [3.8, 4) is 11.1 Å². The molecule has 106 valence electrons. The van der Waals surface area contributed by atoms with Crippen LogP contribution in [0.2, 0.25) is 10.0 Å². The zero-order chi connectivity index (χ0) is 14.5. The average Bonchev–Trinajstić information content (AvgIpc) is 2.44. The van der Waals surface area contributed by atoms with E-state index in [9.17, 15) is 4.39 Å². The number of hydrogen-bond acceptors (Lipinski definition) is 1. The van der Waals surface area contributed by atoms with E-state index in [4.69, 9.17) is 23.2 Å². The Bertz CT molecular complexity index is 599. The van der Waals surface area contributed by atoms with E-state index >= 15 is 0 Å². The lowest BCUT2D eigenvalue weighted by Gasteiger charge is -2.10. The van der Waals surface area contributed by atoms with Gasteiger partial charge in [-0.05, 0) is 54.4 Å². The summed E-state index contributed by atoms with van der Waals surface area (Å²) in [6, 6.07) is 9.98. The van der Waals surface area contributed by atoms with Crippen LogP contribution < -0.4 is 5.32 Å². The predicted octanol–water partition coefficient (Wildman–Crippen LogP) is 5.30. The average molecular weight is 312 g/mol. The van der Waals surface area contributed by atoms with Crippen molar-refractivity contribution >= 4 is 23.2 Å². The molecule has 0 unspecified atom stereocenters. The van der Waals surface area contributed by atoms with Crippen molar-refractivity contribution in [2.45, 2.75) is 19.9 Å². The second kappa shape index (κ2) is 7.07. The molecule has 0 radical (unpaired) electrons. The van der Waals surface area contributed by atoms with Gasteiger partial charge in [0, 0.05) is 22.2 Å². The van der Waals surface area contributed by atoms with Gasteiger partial charge in [-0.25, -0.2) is 4.39 Å². The molecule has 0 aliphatic rings. The van der Waals surface area contributed by atoms with Crippen molar-refractivity contribution in [1.29, 1.82) is 0 Å². The van der Waals surface area contributed by atoms with Crippen LogP contribution in [-0.4, -0.2) is 6.54 Å². The molecule has 2 rings (SSSR count). The van der Waals surface area contributed by atoms with Gasteiger partial charge >= 0.3 is 0 Å². The maximum Gasteiger partial charge on any atom is 0.123 e. The molecule has 2 aromatic rings. The van der Waals surface area contributed by atoms with Crippen LogP contribution in [0, 0.1) is 5.82 Å². The maximum absolute atomic E-state index is 13.4. The Morgan fingerprint density at radius 1 is 1.05 bits per heavy atom. The third-order valence-electron chi connectivity index (χ3n) is 3.03. The van der Waals surface area contributed by atoms with Crippen molar-refractivity contribution in [2.75, 3.05) is 6.54 Å². The molecule has 1 N–H and O–H groups in total. The normalized spacial score (nSPS) is 10.8. The minimum absolute atomic E-state index is 0.301. The zero-order valence-electron chi connectivity index (χ0n) is 11.2. The zero-order valence-corrected chi connectivity index (χ0v) is 12.7. The monoisotopic (exact) mass is 311 g/mol. The van der Waals surface area contributed by atoms with Crippen LogP contribution in [0.5, 0.6) is 0 Å². The molecular formula is C16H16Cl2FN. The predicted molar refractivity (Wildman–Crippen MR) is 83.9 cm³/mol. The topological polar surface area (TPSA) is 12.0 Å². The van der Waals surface area contributed by atoms with E-state index < -0.39 is 0 Å². The molecule has 0 aliphatic carbocycles. The van der Waals surface area contributed by atoms with Crippen molar-refractivity contribution in [3.63, 3.8) is 0 Å². The van der Waals surface area contributed by atoms with Crippen LogP contribution in [-0.2, 0) is 6.54 Å². The quantitative estimate of drug-likeness (QED) is 0.739. The van der Waals surface area contributed by atoms with Gasteiger partial charge in [-0.3, -0.25) is 0 Å². The number of benzene rings is 2. The first-order chi connectivity index (χ1) is 9.61. The van der Waals surface area contributed by atoms with E-state index in [0.29, 0.717) is 22.2 Å². The molecular weight excluding hydrogens is 296 g/mol. The number of halogens is 3. The van der Waals surface area contributed by atoms with E-state index in [1.54, 1.807) is 6.07 Å². The largest absolute Gasteiger partial charge is 0.313 e. The summed E-state index contributed by atoms with van der Waals surface area (Å²) in [6.45, 7) is 3.73. The molecule has 4 heteroatoms. The lowest BCUT2D eigenvalue weighted by Crippen LogP contribution is -2.14. The van der Waals surface area contributed by atoms with Crippen molar-refractivity contribution in [2.24, 2.45) is 0 Å². The molecule has 0 aromatic heterocycles. The highest BCUT2D eigenvalue weighted by atomic mass is 35.5. The van der Waals surface area contributed by atoms with Gasteiger partial charge < -0.3 is 5.32 Å².